The van der Waals surface area contributed by atoms with Gasteiger partial charge in [-0.3, -0.25) is 14.5 Å². The molecule has 0 saturated carbocycles. The molecular formula is C24H25ClN4O4S. The van der Waals surface area contributed by atoms with Crippen molar-refractivity contribution in [3.8, 4) is 0 Å². The number of fused-ring (bicyclic) bond motifs is 1. The Bertz CT molecular complexity index is 1330. The number of aryl methyl sites for hydroxylation is 1. The van der Waals surface area contributed by atoms with Gasteiger partial charge in [-0.1, -0.05) is 23.7 Å². The summed E-state index contributed by atoms with van der Waals surface area (Å²) in [5.41, 5.74) is 1.53. The van der Waals surface area contributed by atoms with E-state index in [1.54, 1.807) is 42.2 Å². The Hall–Kier alpha value is -2.98. The maximum absolute atomic E-state index is 13.0. The number of carbonyl (C=O) groups excluding carboxylic acids is 1. The Morgan fingerprint density at radius 1 is 1.35 bits per heavy atom. The van der Waals surface area contributed by atoms with Crippen LogP contribution in [0.2, 0.25) is 5.02 Å². The lowest BCUT2D eigenvalue weighted by Crippen LogP contribution is -2.27. The zero-order valence-electron chi connectivity index (χ0n) is 18.8. The van der Waals surface area contributed by atoms with Gasteiger partial charge in [-0.25, -0.2) is 4.98 Å². The van der Waals surface area contributed by atoms with Crippen molar-refractivity contribution >= 4 is 39.9 Å². The zero-order valence-corrected chi connectivity index (χ0v) is 20.4. The van der Waals surface area contributed by atoms with Crippen molar-refractivity contribution in [3.05, 3.63) is 85.2 Å². The van der Waals surface area contributed by atoms with Crippen LogP contribution in [0.5, 0.6) is 0 Å². The molecule has 0 bridgehead atoms. The van der Waals surface area contributed by atoms with E-state index in [1.807, 2.05) is 29.5 Å². The average Bonchev–Trinajstić information content (AvgIpc) is 3.47. The maximum Gasteiger partial charge on any atom is 0.224 e. The number of carbonyl (C=O) groups is 1. The normalized spacial score (nSPS) is 12.4. The molecule has 0 saturated heterocycles. The first-order chi connectivity index (χ1) is 16.3. The van der Waals surface area contributed by atoms with Gasteiger partial charge in [0.1, 0.15) is 16.9 Å². The number of halogens is 1. The van der Waals surface area contributed by atoms with Crippen molar-refractivity contribution in [1.82, 2.24) is 19.8 Å². The molecule has 3 heterocycles. The third kappa shape index (κ3) is 5.74. The fourth-order valence-corrected chi connectivity index (χ4v) is 4.47. The van der Waals surface area contributed by atoms with Gasteiger partial charge >= 0.3 is 0 Å². The highest BCUT2D eigenvalue weighted by Gasteiger charge is 2.18. The number of aliphatic hydroxyl groups excluding tert-OH is 1. The van der Waals surface area contributed by atoms with Crippen LogP contribution in [-0.4, -0.2) is 39.1 Å². The summed E-state index contributed by atoms with van der Waals surface area (Å²) in [6.07, 6.45) is 2.57. The van der Waals surface area contributed by atoms with Crippen LogP contribution >= 0.6 is 22.9 Å². The fourth-order valence-electron chi connectivity index (χ4n) is 3.73. The molecule has 4 aromatic rings. The molecular weight excluding hydrogens is 476 g/mol. The number of nitrogens with one attached hydrogen (secondary N) is 1. The lowest BCUT2D eigenvalue weighted by atomic mass is 10.1. The molecule has 0 aliphatic rings. The van der Waals surface area contributed by atoms with Crippen LogP contribution in [0.1, 0.15) is 28.0 Å². The van der Waals surface area contributed by atoms with Gasteiger partial charge in [0.15, 0.2) is 5.43 Å². The average molecular weight is 501 g/mol. The Morgan fingerprint density at radius 2 is 2.12 bits per heavy atom. The first-order valence-electron chi connectivity index (χ1n) is 10.7. The number of likely N-dealkylation sites (N-methyl/N-ethyl adjacent to an activating group) is 1. The summed E-state index contributed by atoms with van der Waals surface area (Å²) in [5, 5.41) is 16.7. The van der Waals surface area contributed by atoms with Gasteiger partial charge in [0, 0.05) is 48.5 Å². The quantitative estimate of drug-likeness (QED) is 0.366. The number of rotatable bonds is 9. The second kappa shape index (κ2) is 10.5. The van der Waals surface area contributed by atoms with E-state index >= 15 is 0 Å². The Balaban J connectivity index is 1.43. The van der Waals surface area contributed by atoms with Crippen LogP contribution in [0, 0.1) is 0 Å². The third-order valence-corrected chi connectivity index (χ3v) is 6.50. The molecule has 1 unspecified atom stereocenters. The number of thiazole rings is 1. The molecule has 2 N–H and O–H groups in total. The standard InChI is InChI=1S/C24H25ClN4O4S/c1-28(14-20(30)23-26-7-8-34-23)13-18-10-19-22(32)16(12-29(2)24(19)33-18)9-21(31)27-11-15-3-5-17(25)6-4-15/h3-8,10,12,20,30H,9,11,13-14H2,1-2H3,(H,27,31). The molecule has 0 spiro atoms. The fraction of sp³-hybridized carbons (Fsp3) is 0.292. The summed E-state index contributed by atoms with van der Waals surface area (Å²) >= 11 is 7.29. The van der Waals surface area contributed by atoms with E-state index < -0.39 is 6.10 Å². The molecule has 0 radical (unpaired) electrons. The van der Waals surface area contributed by atoms with Crippen molar-refractivity contribution in [2.45, 2.75) is 25.6 Å². The summed E-state index contributed by atoms with van der Waals surface area (Å²) in [7, 11) is 3.64. The predicted molar refractivity (Wildman–Crippen MR) is 132 cm³/mol. The Morgan fingerprint density at radius 3 is 2.82 bits per heavy atom. The van der Waals surface area contributed by atoms with Crippen molar-refractivity contribution in [3.63, 3.8) is 0 Å². The highest BCUT2D eigenvalue weighted by Crippen LogP contribution is 2.20. The lowest BCUT2D eigenvalue weighted by molar-refractivity contribution is -0.120. The Labute approximate surface area is 205 Å². The number of hydrogen-bond donors (Lipinski definition) is 2. The van der Waals surface area contributed by atoms with E-state index in [4.69, 9.17) is 16.0 Å². The van der Waals surface area contributed by atoms with Gasteiger partial charge in [0.05, 0.1) is 18.4 Å². The molecule has 10 heteroatoms. The maximum atomic E-state index is 13.0. The monoisotopic (exact) mass is 500 g/mol. The molecule has 8 nitrogen and oxygen atoms in total. The summed E-state index contributed by atoms with van der Waals surface area (Å²) in [4.78, 5) is 31.5. The SMILES string of the molecule is CN(Cc1cc2c(=O)c(CC(=O)NCc3ccc(Cl)cc3)cn(C)c2o1)CC(O)c1nccs1. The van der Waals surface area contributed by atoms with Gasteiger partial charge in [-0.2, -0.15) is 0 Å². The van der Waals surface area contributed by atoms with E-state index in [9.17, 15) is 14.7 Å². The van der Waals surface area contributed by atoms with Crippen LogP contribution < -0.4 is 10.7 Å². The highest BCUT2D eigenvalue weighted by atomic mass is 35.5. The number of furan rings is 1. The minimum Gasteiger partial charge on any atom is -0.443 e. The van der Waals surface area contributed by atoms with Gasteiger partial charge in [0.2, 0.25) is 11.6 Å². The summed E-state index contributed by atoms with van der Waals surface area (Å²) in [6, 6.07) is 8.92. The molecule has 3 aromatic heterocycles. The zero-order chi connectivity index (χ0) is 24.2. The van der Waals surface area contributed by atoms with Crippen LogP contribution in [-0.2, 0) is 31.4 Å². The van der Waals surface area contributed by atoms with E-state index in [2.05, 4.69) is 10.3 Å². The van der Waals surface area contributed by atoms with E-state index in [-0.39, 0.29) is 17.8 Å². The predicted octanol–water partition coefficient (Wildman–Crippen LogP) is 3.27. The van der Waals surface area contributed by atoms with E-state index in [0.29, 0.717) is 52.1 Å². The van der Waals surface area contributed by atoms with Crippen LogP contribution in [0.15, 0.2) is 57.3 Å². The number of amides is 1. The molecule has 0 aliphatic carbocycles. The molecule has 1 aromatic carbocycles. The molecule has 1 amide bonds. The largest absolute Gasteiger partial charge is 0.443 e. The second-order valence-electron chi connectivity index (χ2n) is 8.19. The number of hydrogen-bond acceptors (Lipinski definition) is 7. The summed E-state index contributed by atoms with van der Waals surface area (Å²) < 4.78 is 7.63. The molecule has 1 atom stereocenters. The molecule has 0 fully saturated rings. The number of nitrogens with zero attached hydrogens (tertiary/aromatic N) is 3. The van der Waals surface area contributed by atoms with Crippen LogP contribution in [0.4, 0.5) is 0 Å². The van der Waals surface area contributed by atoms with Crippen molar-refractivity contribution < 1.29 is 14.3 Å². The minimum atomic E-state index is -0.696. The van der Waals surface area contributed by atoms with E-state index in [1.165, 1.54) is 11.3 Å². The minimum absolute atomic E-state index is 0.0311. The molecule has 0 aliphatic heterocycles. The van der Waals surface area contributed by atoms with Gasteiger partial charge < -0.3 is 19.4 Å². The topological polar surface area (TPSA) is 101 Å². The van der Waals surface area contributed by atoms with Crippen LogP contribution in [0.3, 0.4) is 0 Å². The lowest BCUT2D eigenvalue weighted by Gasteiger charge is -2.17. The first-order valence-corrected chi connectivity index (χ1v) is 11.9. The molecule has 4 rings (SSSR count). The van der Waals surface area contributed by atoms with Crippen molar-refractivity contribution in [2.24, 2.45) is 7.05 Å². The summed E-state index contributed by atoms with van der Waals surface area (Å²) in [5.74, 6) is 0.354. The van der Waals surface area contributed by atoms with Crippen LogP contribution in [0.25, 0.3) is 11.1 Å². The van der Waals surface area contributed by atoms with Crippen molar-refractivity contribution in [2.75, 3.05) is 13.6 Å². The van der Waals surface area contributed by atoms with E-state index in [0.717, 1.165) is 5.56 Å². The van der Waals surface area contributed by atoms with Crippen molar-refractivity contribution in [1.29, 1.82) is 0 Å². The number of aromatic nitrogens is 2. The smallest absolute Gasteiger partial charge is 0.224 e. The molecule has 178 valence electrons. The Kier molecular flexibility index (Phi) is 7.47. The van der Waals surface area contributed by atoms with Gasteiger partial charge in [-0.15, -0.1) is 11.3 Å². The van der Waals surface area contributed by atoms with Gasteiger partial charge in [0.25, 0.3) is 0 Å². The number of pyridine rings is 1. The van der Waals surface area contributed by atoms with Gasteiger partial charge in [-0.05, 0) is 30.8 Å². The number of aliphatic hydroxyl groups is 1. The third-order valence-electron chi connectivity index (χ3n) is 5.37. The highest BCUT2D eigenvalue weighted by molar-refractivity contribution is 7.09. The summed E-state index contributed by atoms with van der Waals surface area (Å²) in [6.45, 7) is 1.14. The second-order valence-corrected chi connectivity index (χ2v) is 9.55. The number of benzene rings is 1. The first kappa shape index (κ1) is 24.2. The molecule has 34 heavy (non-hydrogen) atoms.